The first-order chi connectivity index (χ1) is 10.5. The first kappa shape index (κ1) is 14.7. The number of hydrogen-bond acceptors (Lipinski definition) is 0. The monoisotopic (exact) mass is 314 g/mol. The van der Waals surface area contributed by atoms with E-state index in [0.29, 0.717) is 32.3 Å². The summed E-state index contributed by atoms with van der Waals surface area (Å²) < 4.78 is 28.4. The highest BCUT2D eigenvalue weighted by molar-refractivity contribution is 6.31. The molecular formula is C19H13ClF2. The summed E-state index contributed by atoms with van der Waals surface area (Å²) in [6.45, 7) is 3.67. The lowest BCUT2D eigenvalue weighted by atomic mass is 10.0. The van der Waals surface area contributed by atoms with E-state index in [4.69, 9.17) is 11.6 Å². The molecule has 0 aliphatic heterocycles. The topological polar surface area (TPSA) is 0 Å². The van der Waals surface area contributed by atoms with E-state index in [-0.39, 0.29) is 5.82 Å². The number of benzene rings is 2. The highest BCUT2D eigenvalue weighted by atomic mass is 35.5. The van der Waals surface area contributed by atoms with E-state index in [1.165, 1.54) is 12.1 Å². The summed E-state index contributed by atoms with van der Waals surface area (Å²) in [6, 6.07) is 9.41. The summed E-state index contributed by atoms with van der Waals surface area (Å²) in [4.78, 5) is 0. The number of rotatable bonds is 0. The van der Waals surface area contributed by atoms with Crippen molar-refractivity contribution in [1.29, 1.82) is 0 Å². The Morgan fingerprint density at radius 1 is 0.909 bits per heavy atom. The van der Waals surface area contributed by atoms with Gasteiger partial charge in [0.05, 0.1) is 0 Å². The number of allylic oxidation sites excluding steroid dienone is 4. The molecule has 3 rings (SSSR count). The van der Waals surface area contributed by atoms with Gasteiger partial charge in [-0.25, -0.2) is 8.78 Å². The fraction of sp³-hybridized carbons (Fsp3) is 0.0526. The van der Waals surface area contributed by atoms with Gasteiger partial charge in [-0.15, -0.1) is 0 Å². The highest BCUT2D eigenvalue weighted by Gasteiger charge is 2.04. The van der Waals surface area contributed by atoms with Gasteiger partial charge in [0.2, 0.25) is 0 Å². The molecule has 0 aromatic heterocycles. The van der Waals surface area contributed by atoms with Crippen molar-refractivity contribution in [2.45, 2.75) is 6.42 Å². The van der Waals surface area contributed by atoms with Crippen LogP contribution in [0.4, 0.5) is 8.78 Å². The van der Waals surface area contributed by atoms with Crippen molar-refractivity contribution in [3.63, 3.8) is 0 Å². The molecule has 1 aliphatic rings. The Hall–Kier alpha value is -2.19. The second-order valence-corrected chi connectivity index (χ2v) is 5.60. The minimum atomic E-state index is -0.403. The van der Waals surface area contributed by atoms with E-state index in [9.17, 15) is 8.78 Å². The summed E-state index contributed by atoms with van der Waals surface area (Å²) in [5, 5.41) is 2.62. The standard InChI is InChI=1S/C19H13ClF2/c1-12-2-8-17(18(21)10-12)14-5-9-16(19(22)11-14)13-3-6-15(20)7-4-13/h2-3,5-11H,1,4H2/b16-13-,17-14-. The average molecular weight is 315 g/mol. The SMILES string of the molecule is C=c1cc/c(=c2\cc/c(=C3\C=CC(Cl)=CC3)c(F)c2)c(F)c1. The molecule has 0 nitrogen and oxygen atoms in total. The Morgan fingerprint density at radius 3 is 2.27 bits per heavy atom. The van der Waals surface area contributed by atoms with Crippen molar-refractivity contribution >= 4 is 23.8 Å². The van der Waals surface area contributed by atoms with Crippen LogP contribution in [-0.4, -0.2) is 0 Å². The van der Waals surface area contributed by atoms with Gasteiger partial charge in [-0.2, -0.15) is 0 Å². The zero-order valence-corrected chi connectivity index (χ0v) is 12.5. The Bertz CT molecular complexity index is 1000. The predicted octanol–water partition coefficient (Wildman–Crippen LogP) is 3.90. The number of halogens is 3. The second kappa shape index (κ2) is 5.90. The summed E-state index contributed by atoms with van der Waals surface area (Å²) in [7, 11) is 0. The van der Waals surface area contributed by atoms with Crippen molar-refractivity contribution in [1.82, 2.24) is 0 Å². The molecule has 0 saturated heterocycles. The van der Waals surface area contributed by atoms with Crippen LogP contribution in [0, 0.1) is 22.1 Å². The van der Waals surface area contributed by atoms with Crippen molar-refractivity contribution in [3.8, 4) is 0 Å². The molecular weight excluding hydrogens is 302 g/mol. The Morgan fingerprint density at radius 2 is 1.64 bits per heavy atom. The zero-order chi connectivity index (χ0) is 15.7. The molecule has 22 heavy (non-hydrogen) atoms. The molecule has 2 aromatic rings. The van der Waals surface area contributed by atoms with Gasteiger partial charge < -0.3 is 0 Å². The predicted molar refractivity (Wildman–Crippen MR) is 86.3 cm³/mol. The van der Waals surface area contributed by atoms with Gasteiger partial charge in [0.25, 0.3) is 0 Å². The van der Waals surface area contributed by atoms with Crippen LogP contribution in [0.1, 0.15) is 6.42 Å². The van der Waals surface area contributed by atoms with E-state index >= 15 is 0 Å². The molecule has 3 heteroatoms. The minimum absolute atomic E-state index is 0.366. The van der Waals surface area contributed by atoms with Gasteiger partial charge in [0.15, 0.2) is 0 Å². The van der Waals surface area contributed by atoms with Gasteiger partial charge in [0.1, 0.15) is 11.6 Å². The van der Waals surface area contributed by atoms with Crippen LogP contribution in [-0.2, 0) is 0 Å². The van der Waals surface area contributed by atoms with E-state index in [1.807, 2.05) is 6.08 Å². The molecule has 2 aromatic carbocycles. The zero-order valence-electron chi connectivity index (χ0n) is 11.7. The fourth-order valence-corrected chi connectivity index (χ4v) is 2.60. The maximum atomic E-state index is 14.4. The average Bonchev–Trinajstić information content (AvgIpc) is 2.48. The van der Waals surface area contributed by atoms with Gasteiger partial charge in [-0.05, 0) is 40.6 Å². The molecule has 0 unspecified atom stereocenters. The first-order valence-corrected chi connectivity index (χ1v) is 7.24. The van der Waals surface area contributed by atoms with Crippen LogP contribution in [0.3, 0.4) is 0 Å². The van der Waals surface area contributed by atoms with Crippen LogP contribution in [0.2, 0.25) is 0 Å². The second-order valence-electron chi connectivity index (χ2n) is 5.16. The highest BCUT2D eigenvalue weighted by Crippen LogP contribution is 2.18. The normalized spacial score (nSPS) is 18.2. The van der Waals surface area contributed by atoms with Crippen LogP contribution >= 0.6 is 11.6 Å². The summed E-state index contributed by atoms with van der Waals surface area (Å²) in [5.74, 6) is -0.777. The Balaban J connectivity index is 2.25. The van der Waals surface area contributed by atoms with Gasteiger partial charge in [-0.3, -0.25) is 0 Å². The lowest BCUT2D eigenvalue weighted by Gasteiger charge is -2.05. The van der Waals surface area contributed by atoms with E-state index < -0.39 is 5.82 Å². The summed E-state index contributed by atoms with van der Waals surface area (Å²) >= 11 is 5.87. The van der Waals surface area contributed by atoms with Crippen LogP contribution < -0.4 is 10.4 Å². The maximum Gasteiger partial charge on any atom is 0.131 e. The molecule has 0 heterocycles. The number of hydrogen-bond donors (Lipinski definition) is 0. The van der Waals surface area contributed by atoms with E-state index in [2.05, 4.69) is 6.58 Å². The van der Waals surface area contributed by atoms with Crippen molar-refractivity contribution in [2.75, 3.05) is 0 Å². The molecule has 0 spiro atoms. The largest absolute Gasteiger partial charge is 0.206 e. The third-order valence-electron chi connectivity index (χ3n) is 3.62. The Labute approximate surface area is 131 Å². The quantitative estimate of drug-likeness (QED) is 0.692. The molecule has 0 fully saturated rings. The van der Waals surface area contributed by atoms with Crippen molar-refractivity contribution < 1.29 is 8.78 Å². The fourth-order valence-electron chi connectivity index (χ4n) is 2.46. The van der Waals surface area contributed by atoms with Crippen LogP contribution in [0.5, 0.6) is 0 Å². The van der Waals surface area contributed by atoms with Crippen molar-refractivity contribution in [3.05, 3.63) is 92.2 Å². The van der Waals surface area contributed by atoms with Gasteiger partial charge in [-0.1, -0.05) is 54.6 Å². The third-order valence-corrected chi connectivity index (χ3v) is 3.90. The molecule has 0 N–H and O–H groups in total. The smallest absolute Gasteiger partial charge is 0.131 e. The van der Waals surface area contributed by atoms with Crippen LogP contribution in [0.15, 0.2) is 59.7 Å². The molecule has 0 atom stereocenters. The molecule has 110 valence electrons. The summed E-state index contributed by atoms with van der Waals surface area (Å²) in [6.07, 6.45) is 5.95. The lowest BCUT2D eigenvalue weighted by Crippen LogP contribution is -2.11. The molecule has 0 saturated carbocycles. The van der Waals surface area contributed by atoms with Gasteiger partial charge >= 0.3 is 0 Å². The molecule has 1 aliphatic carbocycles. The minimum Gasteiger partial charge on any atom is -0.206 e. The third kappa shape index (κ3) is 2.88. The van der Waals surface area contributed by atoms with E-state index in [0.717, 1.165) is 5.57 Å². The maximum absolute atomic E-state index is 14.4. The lowest BCUT2D eigenvalue weighted by molar-refractivity contribution is 0.611. The van der Waals surface area contributed by atoms with Crippen molar-refractivity contribution in [2.24, 2.45) is 0 Å². The van der Waals surface area contributed by atoms with Crippen LogP contribution in [0.25, 0.3) is 12.2 Å². The van der Waals surface area contributed by atoms with E-state index in [1.54, 1.807) is 36.4 Å². The molecule has 0 radical (unpaired) electrons. The molecule has 0 bridgehead atoms. The van der Waals surface area contributed by atoms with Gasteiger partial charge in [0, 0.05) is 15.5 Å². The first-order valence-electron chi connectivity index (χ1n) is 6.86. The summed E-state index contributed by atoms with van der Waals surface area (Å²) in [5.41, 5.74) is 0.849. The Kier molecular flexibility index (Phi) is 3.95. The molecule has 0 amide bonds.